The van der Waals surface area contributed by atoms with Gasteiger partial charge in [0.2, 0.25) is 0 Å². The zero-order chi connectivity index (χ0) is 13.0. The predicted molar refractivity (Wildman–Crippen MR) is 79.0 cm³/mol. The Kier molecular flexibility index (Phi) is 4.50. The van der Waals surface area contributed by atoms with Crippen LogP contribution in [0.15, 0.2) is 24.3 Å². The molecule has 0 saturated carbocycles. The SMILES string of the molecule is CCCNCc1nc(-c2ccc(C)cc2)c(C)s1. The van der Waals surface area contributed by atoms with Crippen molar-refractivity contribution in [3.05, 3.63) is 39.7 Å². The minimum Gasteiger partial charge on any atom is -0.310 e. The summed E-state index contributed by atoms with van der Waals surface area (Å²) in [6.07, 6.45) is 1.16. The molecule has 1 N–H and O–H groups in total. The largest absolute Gasteiger partial charge is 0.310 e. The van der Waals surface area contributed by atoms with Crippen molar-refractivity contribution in [2.45, 2.75) is 33.7 Å². The first-order chi connectivity index (χ1) is 8.70. The molecular weight excluding hydrogens is 240 g/mol. The zero-order valence-electron chi connectivity index (χ0n) is 11.3. The van der Waals surface area contributed by atoms with Crippen LogP contribution in [0.4, 0.5) is 0 Å². The van der Waals surface area contributed by atoms with Crippen molar-refractivity contribution in [3.63, 3.8) is 0 Å². The van der Waals surface area contributed by atoms with Crippen molar-refractivity contribution in [2.24, 2.45) is 0 Å². The Bertz CT molecular complexity index is 500. The van der Waals surface area contributed by atoms with Crippen molar-refractivity contribution >= 4 is 11.3 Å². The van der Waals surface area contributed by atoms with Gasteiger partial charge < -0.3 is 5.32 Å². The van der Waals surface area contributed by atoms with E-state index in [9.17, 15) is 0 Å². The molecule has 2 nitrogen and oxygen atoms in total. The Morgan fingerprint density at radius 1 is 1.17 bits per heavy atom. The summed E-state index contributed by atoms with van der Waals surface area (Å²) in [5.74, 6) is 0. The highest BCUT2D eigenvalue weighted by Crippen LogP contribution is 2.27. The number of nitrogens with zero attached hydrogens (tertiary/aromatic N) is 1. The fraction of sp³-hybridized carbons (Fsp3) is 0.400. The van der Waals surface area contributed by atoms with Crippen LogP contribution in [0.25, 0.3) is 11.3 Å². The normalized spacial score (nSPS) is 10.8. The van der Waals surface area contributed by atoms with Crippen LogP contribution < -0.4 is 5.32 Å². The third kappa shape index (κ3) is 3.18. The number of nitrogens with one attached hydrogen (secondary N) is 1. The van der Waals surface area contributed by atoms with Gasteiger partial charge in [0.1, 0.15) is 5.01 Å². The second-order valence-corrected chi connectivity index (χ2v) is 5.84. The van der Waals surface area contributed by atoms with E-state index in [2.05, 4.69) is 50.4 Å². The standard InChI is InChI=1S/C15H20N2S/c1-4-9-16-10-14-17-15(12(3)18-14)13-7-5-11(2)6-8-13/h5-8,16H,4,9-10H2,1-3H3. The summed E-state index contributed by atoms with van der Waals surface area (Å²) in [4.78, 5) is 6.04. The molecule has 96 valence electrons. The Balaban J connectivity index is 2.16. The minimum atomic E-state index is 0.880. The van der Waals surface area contributed by atoms with Gasteiger partial charge in [-0.3, -0.25) is 0 Å². The summed E-state index contributed by atoms with van der Waals surface area (Å²) < 4.78 is 0. The number of hydrogen-bond acceptors (Lipinski definition) is 3. The Morgan fingerprint density at radius 3 is 2.56 bits per heavy atom. The van der Waals surface area contributed by atoms with Gasteiger partial charge in [-0.2, -0.15) is 0 Å². The topological polar surface area (TPSA) is 24.9 Å². The highest BCUT2D eigenvalue weighted by molar-refractivity contribution is 7.12. The predicted octanol–water partition coefficient (Wildman–Crippen LogP) is 3.93. The fourth-order valence-electron chi connectivity index (χ4n) is 1.88. The molecule has 0 radical (unpaired) electrons. The molecule has 0 bridgehead atoms. The first kappa shape index (κ1) is 13.2. The summed E-state index contributed by atoms with van der Waals surface area (Å²) in [5, 5.41) is 4.58. The first-order valence-corrected chi connectivity index (χ1v) is 7.26. The maximum absolute atomic E-state index is 4.74. The molecule has 0 amide bonds. The van der Waals surface area contributed by atoms with Gasteiger partial charge in [-0.1, -0.05) is 36.8 Å². The lowest BCUT2D eigenvalue weighted by Crippen LogP contribution is -2.13. The molecule has 0 aliphatic carbocycles. The molecule has 1 aromatic carbocycles. The average molecular weight is 260 g/mol. The van der Waals surface area contributed by atoms with E-state index in [1.807, 2.05) is 0 Å². The molecule has 0 aliphatic rings. The molecule has 0 saturated heterocycles. The molecule has 2 aromatic rings. The molecule has 3 heteroatoms. The molecule has 0 unspecified atom stereocenters. The third-order valence-electron chi connectivity index (χ3n) is 2.87. The van der Waals surface area contributed by atoms with Gasteiger partial charge in [0.05, 0.1) is 5.69 Å². The van der Waals surface area contributed by atoms with E-state index >= 15 is 0 Å². The molecule has 0 atom stereocenters. The zero-order valence-corrected chi connectivity index (χ0v) is 12.1. The van der Waals surface area contributed by atoms with Gasteiger partial charge in [0.15, 0.2) is 0 Å². The maximum Gasteiger partial charge on any atom is 0.107 e. The molecule has 0 aliphatic heterocycles. The van der Waals surface area contributed by atoms with E-state index < -0.39 is 0 Å². The smallest absolute Gasteiger partial charge is 0.107 e. The van der Waals surface area contributed by atoms with Crippen LogP contribution in [0.5, 0.6) is 0 Å². The highest BCUT2D eigenvalue weighted by atomic mass is 32.1. The fourth-order valence-corrected chi connectivity index (χ4v) is 2.80. The number of hydrogen-bond donors (Lipinski definition) is 1. The molecule has 1 heterocycles. The quantitative estimate of drug-likeness (QED) is 0.824. The number of rotatable bonds is 5. The van der Waals surface area contributed by atoms with E-state index in [0.29, 0.717) is 0 Å². The van der Waals surface area contributed by atoms with Crippen LogP contribution in [0.1, 0.15) is 28.8 Å². The highest BCUT2D eigenvalue weighted by Gasteiger charge is 2.09. The Hall–Kier alpha value is -1.19. The van der Waals surface area contributed by atoms with E-state index in [0.717, 1.165) is 25.2 Å². The average Bonchev–Trinajstić information content (AvgIpc) is 2.72. The van der Waals surface area contributed by atoms with Crippen LogP contribution in [-0.4, -0.2) is 11.5 Å². The number of benzene rings is 1. The van der Waals surface area contributed by atoms with Gasteiger partial charge in [0.25, 0.3) is 0 Å². The van der Waals surface area contributed by atoms with Gasteiger partial charge in [-0.25, -0.2) is 4.98 Å². The molecule has 0 spiro atoms. The Labute approximate surface area is 113 Å². The lowest BCUT2D eigenvalue weighted by molar-refractivity contribution is 0.673. The summed E-state index contributed by atoms with van der Waals surface area (Å²) in [7, 11) is 0. The van der Waals surface area contributed by atoms with Crippen molar-refractivity contribution in [3.8, 4) is 11.3 Å². The van der Waals surface area contributed by atoms with Gasteiger partial charge in [0, 0.05) is 17.0 Å². The van der Waals surface area contributed by atoms with E-state index in [1.165, 1.54) is 21.0 Å². The van der Waals surface area contributed by atoms with Gasteiger partial charge in [-0.15, -0.1) is 11.3 Å². The van der Waals surface area contributed by atoms with E-state index in [4.69, 9.17) is 4.98 Å². The third-order valence-corrected chi connectivity index (χ3v) is 3.84. The van der Waals surface area contributed by atoms with E-state index in [1.54, 1.807) is 11.3 Å². The van der Waals surface area contributed by atoms with Gasteiger partial charge in [-0.05, 0) is 26.8 Å². The second kappa shape index (κ2) is 6.12. The van der Waals surface area contributed by atoms with E-state index in [-0.39, 0.29) is 0 Å². The van der Waals surface area contributed by atoms with Crippen LogP contribution in [0.3, 0.4) is 0 Å². The van der Waals surface area contributed by atoms with Crippen molar-refractivity contribution in [1.29, 1.82) is 0 Å². The summed E-state index contributed by atoms with van der Waals surface area (Å²) in [6, 6.07) is 8.59. The lowest BCUT2D eigenvalue weighted by Gasteiger charge is -1.99. The number of aromatic nitrogens is 1. The lowest BCUT2D eigenvalue weighted by atomic mass is 10.1. The van der Waals surface area contributed by atoms with Crippen LogP contribution in [0, 0.1) is 13.8 Å². The van der Waals surface area contributed by atoms with Crippen LogP contribution in [0.2, 0.25) is 0 Å². The minimum absolute atomic E-state index is 0.880. The Morgan fingerprint density at radius 2 is 1.89 bits per heavy atom. The van der Waals surface area contributed by atoms with Gasteiger partial charge >= 0.3 is 0 Å². The van der Waals surface area contributed by atoms with Crippen molar-refractivity contribution in [2.75, 3.05) is 6.54 Å². The van der Waals surface area contributed by atoms with Crippen LogP contribution >= 0.6 is 11.3 Å². The monoisotopic (exact) mass is 260 g/mol. The van der Waals surface area contributed by atoms with Crippen LogP contribution in [-0.2, 0) is 6.54 Å². The van der Waals surface area contributed by atoms with Crippen molar-refractivity contribution < 1.29 is 0 Å². The summed E-state index contributed by atoms with van der Waals surface area (Å²) >= 11 is 1.79. The molecular formula is C15H20N2S. The maximum atomic E-state index is 4.74. The second-order valence-electron chi connectivity index (χ2n) is 4.56. The summed E-state index contributed by atoms with van der Waals surface area (Å²) in [6.45, 7) is 8.37. The molecule has 18 heavy (non-hydrogen) atoms. The number of thiazole rings is 1. The summed E-state index contributed by atoms with van der Waals surface area (Å²) in [5.41, 5.74) is 3.64. The molecule has 0 fully saturated rings. The number of aryl methyl sites for hydroxylation is 2. The van der Waals surface area contributed by atoms with Crippen molar-refractivity contribution in [1.82, 2.24) is 10.3 Å². The molecule has 2 rings (SSSR count). The first-order valence-electron chi connectivity index (χ1n) is 6.44. The molecule has 1 aromatic heterocycles.